The van der Waals surface area contributed by atoms with Crippen molar-refractivity contribution in [3.05, 3.63) is 0 Å². The second-order valence-corrected chi connectivity index (χ2v) is 26.5. The zero-order valence-electron chi connectivity index (χ0n) is 57.7. The van der Waals surface area contributed by atoms with Crippen LogP contribution in [0.1, 0.15) is 214 Å². The summed E-state index contributed by atoms with van der Waals surface area (Å²) in [6.07, 6.45) is 3.50. The third kappa shape index (κ3) is 35.3. The summed E-state index contributed by atoms with van der Waals surface area (Å²) in [5.41, 5.74) is -0.255. The number of amides is 3. The Bertz CT molecular complexity index is 2070. The van der Waals surface area contributed by atoms with E-state index in [0.717, 1.165) is 57.8 Å². The van der Waals surface area contributed by atoms with Crippen molar-refractivity contribution < 1.29 is 122 Å². The van der Waals surface area contributed by atoms with Gasteiger partial charge in [-0.05, 0) is 102 Å². The van der Waals surface area contributed by atoms with E-state index in [1.807, 2.05) is 0 Å². The van der Waals surface area contributed by atoms with Crippen LogP contribution < -0.4 is 16.0 Å². The molecule has 3 heterocycles. The molecule has 558 valence electrons. The number of carbonyl (C=O) groups excluding carboxylic acids is 7. The minimum absolute atomic E-state index is 0.0286. The average molecular weight is 1380 g/mol. The standard InChI is InChI=1S/C68H121N3O25/c1-46-58(81)61(84)51(43-72)94-64(46)90-37-17-26-49(75)23-11-7-5-10-14-35-71-67(87)93-42-22-33-68(4,31-20-40-88-56(79)29-12-8-6-9-13-34-69-54(77)27-18-38-91-65-47(2)59(82)62(85)52(44-73)95-65)32-21-41-89-57(80)30-15-24-50(76)25-16-36-70-55(78)28-19-39-92-66-48(3)60(83)63(86)53(45-74)96-66/h46-48,51-53,58-66,72-74,81-86H,5-45H2,1-4H3,(H,69,77)(H,70,78)(H,71,87). The topological polar surface area (TPSA) is 421 Å². The first-order valence-electron chi connectivity index (χ1n) is 35.5. The third-order valence-corrected chi connectivity index (χ3v) is 18.2. The van der Waals surface area contributed by atoms with E-state index in [2.05, 4.69) is 22.9 Å². The van der Waals surface area contributed by atoms with E-state index in [1.165, 1.54) is 0 Å². The summed E-state index contributed by atoms with van der Waals surface area (Å²) in [4.78, 5) is 87.6. The van der Waals surface area contributed by atoms with Crippen molar-refractivity contribution in [1.29, 1.82) is 0 Å². The molecule has 3 fully saturated rings. The lowest BCUT2D eigenvalue weighted by atomic mass is 9.77. The van der Waals surface area contributed by atoms with Crippen molar-refractivity contribution in [1.82, 2.24) is 16.0 Å². The second kappa shape index (κ2) is 50.3. The van der Waals surface area contributed by atoms with Gasteiger partial charge < -0.3 is 105 Å². The van der Waals surface area contributed by atoms with E-state index >= 15 is 0 Å². The minimum Gasteiger partial charge on any atom is -0.466 e. The summed E-state index contributed by atoms with van der Waals surface area (Å²) in [7, 11) is 0. The summed E-state index contributed by atoms with van der Waals surface area (Å²) >= 11 is 0. The molecular formula is C68H121N3O25. The zero-order chi connectivity index (χ0) is 70.7. The van der Waals surface area contributed by atoms with Crippen molar-refractivity contribution in [2.45, 2.75) is 288 Å². The quantitative estimate of drug-likeness (QED) is 0.0234. The Morgan fingerprint density at radius 3 is 1.10 bits per heavy atom. The number of esters is 2. The molecule has 96 heavy (non-hydrogen) atoms. The van der Waals surface area contributed by atoms with Crippen LogP contribution in [0.15, 0.2) is 0 Å². The molecule has 3 amide bonds. The van der Waals surface area contributed by atoms with E-state index in [4.69, 9.17) is 42.6 Å². The number of ketones is 2. The van der Waals surface area contributed by atoms with Crippen LogP contribution in [-0.4, -0.2) is 240 Å². The first-order chi connectivity index (χ1) is 46.0. The van der Waals surface area contributed by atoms with Crippen LogP contribution in [0.5, 0.6) is 0 Å². The van der Waals surface area contributed by atoms with Crippen molar-refractivity contribution in [3.63, 3.8) is 0 Å². The number of hydrogen-bond acceptors (Lipinski definition) is 25. The highest BCUT2D eigenvalue weighted by Gasteiger charge is 2.45. The van der Waals surface area contributed by atoms with Gasteiger partial charge in [-0.3, -0.25) is 28.8 Å². The number of aliphatic hydroxyl groups is 9. The molecule has 3 aliphatic heterocycles. The lowest BCUT2D eigenvalue weighted by molar-refractivity contribution is -0.282. The van der Waals surface area contributed by atoms with Gasteiger partial charge in [-0.25, -0.2) is 4.79 Å². The molecule has 16 atom stereocenters. The van der Waals surface area contributed by atoms with Crippen LogP contribution in [0.4, 0.5) is 4.79 Å². The number of ether oxygens (including phenoxy) is 9. The van der Waals surface area contributed by atoms with Gasteiger partial charge >= 0.3 is 18.0 Å². The van der Waals surface area contributed by atoms with Crippen molar-refractivity contribution >= 4 is 41.4 Å². The summed E-state index contributed by atoms with van der Waals surface area (Å²) < 4.78 is 50.3. The number of Topliss-reactive ketones (excluding diaryl/α,β-unsaturated/α-hetero) is 2. The molecule has 0 aromatic rings. The summed E-state index contributed by atoms with van der Waals surface area (Å²) in [6.45, 7) is 8.31. The normalized spacial score (nSPS) is 26.5. The van der Waals surface area contributed by atoms with Crippen molar-refractivity contribution in [2.24, 2.45) is 23.2 Å². The van der Waals surface area contributed by atoms with E-state index in [-0.39, 0.29) is 107 Å². The van der Waals surface area contributed by atoms with Gasteiger partial charge in [-0.15, -0.1) is 0 Å². The van der Waals surface area contributed by atoms with Crippen LogP contribution in [-0.2, 0) is 71.4 Å². The molecule has 12 N–H and O–H groups in total. The molecule has 28 heteroatoms. The number of nitrogens with one attached hydrogen (secondary N) is 3. The van der Waals surface area contributed by atoms with Crippen LogP contribution in [0.25, 0.3) is 0 Å². The van der Waals surface area contributed by atoms with E-state index < -0.39 is 123 Å². The van der Waals surface area contributed by atoms with Gasteiger partial charge in [0.05, 0.1) is 77.8 Å². The summed E-state index contributed by atoms with van der Waals surface area (Å²) in [5, 5.41) is 97.4. The molecular weight excluding hydrogens is 1260 g/mol. The van der Waals surface area contributed by atoms with Crippen LogP contribution in [0.2, 0.25) is 0 Å². The van der Waals surface area contributed by atoms with Crippen LogP contribution >= 0.6 is 0 Å². The largest absolute Gasteiger partial charge is 0.466 e. The molecule has 28 nitrogen and oxygen atoms in total. The molecule has 3 saturated heterocycles. The maximum Gasteiger partial charge on any atom is 0.407 e. The van der Waals surface area contributed by atoms with Crippen molar-refractivity contribution in [3.8, 4) is 0 Å². The van der Waals surface area contributed by atoms with Gasteiger partial charge in [0.1, 0.15) is 48.2 Å². The lowest BCUT2D eigenvalue weighted by Gasteiger charge is -2.40. The Labute approximate surface area is 567 Å². The summed E-state index contributed by atoms with van der Waals surface area (Å²) in [5.74, 6) is -2.42. The molecule has 0 saturated carbocycles. The molecule has 0 radical (unpaired) electrons. The predicted octanol–water partition coefficient (Wildman–Crippen LogP) is 3.76. The number of carbonyl (C=O) groups is 7. The first-order valence-corrected chi connectivity index (χ1v) is 35.5. The molecule has 3 rings (SSSR count). The Balaban J connectivity index is 1.28. The highest BCUT2D eigenvalue weighted by molar-refractivity contribution is 5.80. The van der Waals surface area contributed by atoms with E-state index in [9.17, 15) is 79.5 Å². The van der Waals surface area contributed by atoms with Gasteiger partial charge in [-0.2, -0.15) is 0 Å². The SMILES string of the molecule is CC1C(OCCCC(=O)CCCCCCCNC(=O)OCCCC(C)(CCCOC(=O)CCCCCCCNC(=O)CCCOC2OC(CO)C(O)C(O)C2C)CCCOC(=O)CCCC(=O)CCCNC(=O)CCCOC2OC(CO)C(O)C(O)C2C)OC(CO)C(O)C1O. The highest BCUT2D eigenvalue weighted by atomic mass is 16.7. The molecule has 0 aromatic carbocycles. The molecule has 0 aliphatic carbocycles. The highest BCUT2D eigenvalue weighted by Crippen LogP contribution is 2.35. The maximum absolute atomic E-state index is 12.7. The fourth-order valence-electron chi connectivity index (χ4n) is 11.9. The summed E-state index contributed by atoms with van der Waals surface area (Å²) in [6, 6.07) is 0. The Kier molecular flexibility index (Phi) is 45.1. The molecule has 16 unspecified atom stereocenters. The van der Waals surface area contributed by atoms with Gasteiger partial charge in [0.25, 0.3) is 0 Å². The fourth-order valence-corrected chi connectivity index (χ4v) is 11.9. The maximum atomic E-state index is 12.7. The second-order valence-electron chi connectivity index (χ2n) is 26.5. The molecule has 0 spiro atoms. The van der Waals surface area contributed by atoms with Crippen LogP contribution in [0.3, 0.4) is 0 Å². The molecule has 3 aliphatic rings. The fraction of sp³-hybridized carbons (Fsp3) is 0.897. The van der Waals surface area contributed by atoms with Crippen molar-refractivity contribution in [2.75, 3.05) is 79.1 Å². The Hall–Kier alpha value is -4.11. The minimum atomic E-state index is -1.23. The molecule has 0 aromatic heterocycles. The molecule has 0 bridgehead atoms. The number of unbranched alkanes of at least 4 members (excludes halogenated alkanes) is 8. The average Bonchev–Trinajstić information content (AvgIpc) is 0.849. The van der Waals surface area contributed by atoms with E-state index in [1.54, 1.807) is 20.8 Å². The predicted molar refractivity (Wildman–Crippen MR) is 348 cm³/mol. The van der Waals surface area contributed by atoms with E-state index in [0.29, 0.717) is 116 Å². The number of aliphatic hydroxyl groups excluding tert-OH is 9. The van der Waals surface area contributed by atoms with Gasteiger partial charge in [0.15, 0.2) is 18.9 Å². The number of rotatable bonds is 54. The monoisotopic (exact) mass is 1380 g/mol. The van der Waals surface area contributed by atoms with Gasteiger partial charge in [0.2, 0.25) is 11.8 Å². The Morgan fingerprint density at radius 2 is 0.677 bits per heavy atom. The van der Waals surface area contributed by atoms with Gasteiger partial charge in [-0.1, -0.05) is 66.2 Å². The van der Waals surface area contributed by atoms with Gasteiger partial charge in [0, 0.05) is 88.8 Å². The lowest BCUT2D eigenvalue weighted by Crippen LogP contribution is -2.55. The number of hydrogen-bond donors (Lipinski definition) is 12. The zero-order valence-corrected chi connectivity index (χ0v) is 57.7. The van der Waals surface area contributed by atoms with Crippen LogP contribution in [0, 0.1) is 23.2 Å². The smallest absolute Gasteiger partial charge is 0.407 e. The third-order valence-electron chi connectivity index (χ3n) is 18.2. The first kappa shape index (κ1) is 86.1. The Morgan fingerprint density at radius 1 is 0.354 bits per heavy atom. The number of alkyl carbamates (subject to hydrolysis) is 1.